The maximum atomic E-state index is 4.22. The SMILES string of the molecule is CNC1CCC(C)(C)CC1CN1CCn2cnnc2C1. The minimum absolute atomic E-state index is 0.494. The molecule has 2 atom stereocenters. The van der Waals surface area contributed by atoms with Gasteiger partial charge in [-0.15, -0.1) is 10.2 Å². The van der Waals surface area contributed by atoms with Crippen molar-refractivity contribution in [1.82, 2.24) is 25.0 Å². The topological polar surface area (TPSA) is 46.0 Å². The standard InChI is InChI=1S/C15H27N5/c1-15(2)5-4-13(16-3)12(8-15)9-19-6-7-20-11-17-18-14(20)10-19/h11-13,16H,4-10H2,1-3H3. The summed E-state index contributed by atoms with van der Waals surface area (Å²) in [6.45, 7) is 9.12. The normalized spacial score (nSPS) is 30.1. The van der Waals surface area contributed by atoms with Gasteiger partial charge in [-0.1, -0.05) is 13.8 Å². The van der Waals surface area contributed by atoms with Crippen molar-refractivity contribution >= 4 is 0 Å². The maximum Gasteiger partial charge on any atom is 0.147 e. The van der Waals surface area contributed by atoms with E-state index in [1.165, 1.54) is 25.8 Å². The Morgan fingerprint density at radius 3 is 3.05 bits per heavy atom. The van der Waals surface area contributed by atoms with Crippen molar-refractivity contribution in [2.75, 3.05) is 20.1 Å². The fraction of sp³-hybridized carbons (Fsp3) is 0.867. The van der Waals surface area contributed by atoms with Gasteiger partial charge < -0.3 is 9.88 Å². The lowest BCUT2D eigenvalue weighted by atomic mass is 9.69. The van der Waals surface area contributed by atoms with E-state index in [2.05, 4.69) is 45.9 Å². The predicted molar refractivity (Wildman–Crippen MR) is 79.3 cm³/mol. The van der Waals surface area contributed by atoms with Gasteiger partial charge in [0.05, 0.1) is 6.54 Å². The Labute approximate surface area is 121 Å². The van der Waals surface area contributed by atoms with Crippen LogP contribution < -0.4 is 5.32 Å². The number of aromatic nitrogens is 3. The molecule has 0 radical (unpaired) electrons. The number of nitrogens with zero attached hydrogens (tertiary/aromatic N) is 4. The fourth-order valence-electron chi connectivity index (χ4n) is 3.91. The molecule has 0 aromatic carbocycles. The molecule has 1 aliphatic carbocycles. The molecule has 0 amide bonds. The van der Waals surface area contributed by atoms with Gasteiger partial charge in [0.15, 0.2) is 0 Å². The molecular formula is C15H27N5. The Balaban J connectivity index is 1.64. The van der Waals surface area contributed by atoms with Crippen LogP contribution in [-0.2, 0) is 13.1 Å². The van der Waals surface area contributed by atoms with Gasteiger partial charge in [0, 0.05) is 25.7 Å². The van der Waals surface area contributed by atoms with Crippen LogP contribution in [0, 0.1) is 11.3 Å². The van der Waals surface area contributed by atoms with Gasteiger partial charge in [-0.3, -0.25) is 4.90 Å². The van der Waals surface area contributed by atoms with Crippen LogP contribution in [0.4, 0.5) is 0 Å². The molecule has 0 saturated heterocycles. The number of hydrogen-bond donors (Lipinski definition) is 1. The molecule has 0 bridgehead atoms. The van der Waals surface area contributed by atoms with E-state index < -0.39 is 0 Å². The predicted octanol–water partition coefficient (Wildman–Crippen LogP) is 1.51. The zero-order valence-electron chi connectivity index (χ0n) is 13.0. The number of nitrogens with one attached hydrogen (secondary N) is 1. The average molecular weight is 277 g/mol. The van der Waals surface area contributed by atoms with Crippen LogP contribution in [0.15, 0.2) is 6.33 Å². The summed E-state index contributed by atoms with van der Waals surface area (Å²) in [5.41, 5.74) is 0.494. The molecule has 1 fully saturated rings. The lowest BCUT2D eigenvalue weighted by Gasteiger charge is -2.43. The molecule has 2 aliphatic rings. The first kappa shape index (κ1) is 14.0. The zero-order chi connectivity index (χ0) is 14.2. The minimum Gasteiger partial charge on any atom is -0.317 e. The Bertz CT molecular complexity index is 453. The van der Waals surface area contributed by atoms with Crippen LogP contribution >= 0.6 is 0 Å². The first-order valence-electron chi connectivity index (χ1n) is 7.84. The molecule has 112 valence electrons. The van der Waals surface area contributed by atoms with Crippen molar-refractivity contribution in [3.63, 3.8) is 0 Å². The van der Waals surface area contributed by atoms with Crippen molar-refractivity contribution in [2.24, 2.45) is 11.3 Å². The quantitative estimate of drug-likeness (QED) is 0.909. The number of rotatable bonds is 3. The average Bonchev–Trinajstić information content (AvgIpc) is 2.85. The van der Waals surface area contributed by atoms with Crippen LogP contribution in [0.2, 0.25) is 0 Å². The summed E-state index contributed by atoms with van der Waals surface area (Å²) in [5.74, 6) is 1.87. The van der Waals surface area contributed by atoms with Crippen LogP contribution in [-0.4, -0.2) is 45.8 Å². The highest BCUT2D eigenvalue weighted by molar-refractivity contribution is 4.93. The number of fused-ring (bicyclic) bond motifs is 1. The lowest BCUT2D eigenvalue weighted by molar-refractivity contribution is 0.0908. The Morgan fingerprint density at radius 2 is 2.25 bits per heavy atom. The van der Waals surface area contributed by atoms with Crippen LogP contribution in [0.3, 0.4) is 0 Å². The molecule has 1 N–H and O–H groups in total. The summed E-state index contributed by atoms with van der Waals surface area (Å²) >= 11 is 0. The number of hydrogen-bond acceptors (Lipinski definition) is 4. The molecule has 20 heavy (non-hydrogen) atoms. The molecule has 5 nitrogen and oxygen atoms in total. The van der Waals surface area contributed by atoms with Gasteiger partial charge in [-0.05, 0) is 37.6 Å². The monoisotopic (exact) mass is 277 g/mol. The summed E-state index contributed by atoms with van der Waals surface area (Å²) in [5, 5.41) is 11.8. The van der Waals surface area contributed by atoms with Gasteiger partial charge in [-0.25, -0.2) is 0 Å². The Hall–Kier alpha value is -0.940. The van der Waals surface area contributed by atoms with E-state index >= 15 is 0 Å². The second kappa shape index (κ2) is 5.45. The third kappa shape index (κ3) is 2.88. The molecular weight excluding hydrogens is 250 g/mol. The molecule has 2 heterocycles. The molecule has 1 aromatic rings. The molecule has 5 heteroatoms. The highest BCUT2D eigenvalue weighted by atomic mass is 15.3. The third-order valence-corrected chi connectivity index (χ3v) is 5.10. The minimum atomic E-state index is 0.494. The second-order valence-electron chi connectivity index (χ2n) is 7.24. The van der Waals surface area contributed by atoms with E-state index in [0.717, 1.165) is 31.4 Å². The summed E-state index contributed by atoms with van der Waals surface area (Å²) in [6.07, 6.45) is 5.82. The van der Waals surface area contributed by atoms with Crippen LogP contribution in [0.1, 0.15) is 38.9 Å². The van der Waals surface area contributed by atoms with Crippen molar-refractivity contribution in [2.45, 2.75) is 52.2 Å². The van der Waals surface area contributed by atoms with Gasteiger partial charge in [-0.2, -0.15) is 0 Å². The van der Waals surface area contributed by atoms with E-state index in [9.17, 15) is 0 Å². The van der Waals surface area contributed by atoms with Gasteiger partial charge in [0.1, 0.15) is 12.2 Å². The first-order valence-corrected chi connectivity index (χ1v) is 7.84. The van der Waals surface area contributed by atoms with Crippen LogP contribution in [0.5, 0.6) is 0 Å². The van der Waals surface area contributed by atoms with Gasteiger partial charge >= 0.3 is 0 Å². The summed E-state index contributed by atoms with van der Waals surface area (Å²) in [6, 6.07) is 0.669. The highest BCUT2D eigenvalue weighted by Gasteiger charge is 2.35. The van der Waals surface area contributed by atoms with Crippen LogP contribution in [0.25, 0.3) is 0 Å². The molecule has 1 aliphatic heterocycles. The highest BCUT2D eigenvalue weighted by Crippen LogP contribution is 2.39. The fourth-order valence-corrected chi connectivity index (χ4v) is 3.91. The largest absolute Gasteiger partial charge is 0.317 e. The third-order valence-electron chi connectivity index (χ3n) is 5.10. The van der Waals surface area contributed by atoms with E-state index in [0.29, 0.717) is 11.5 Å². The van der Waals surface area contributed by atoms with Crippen molar-refractivity contribution in [1.29, 1.82) is 0 Å². The molecule has 1 aromatic heterocycles. The van der Waals surface area contributed by atoms with E-state index in [4.69, 9.17) is 0 Å². The van der Waals surface area contributed by atoms with Crippen molar-refractivity contribution in [3.8, 4) is 0 Å². The summed E-state index contributed by atoms with van der Waals surface area (Å²) < 4.78 is 2.18. The lowest BCUT2D eigenvalue weighted by Crippen LogP contribution is -2.47. The summed E-state index contributed by atoms with van der Waals surface area (Å²) in [4.78, 5) is 2.56. The smallest absolute Gasteiger partial charge is 0.147 e. The first-order chi connectivity index (χ1) is 9.57. The zero-order valence-corrected chi connectivity index (χ0v) is 13.0. The Kier molecular flexibility index (Phi) is 3.82. The van der Waals surface area contributed by atoms with Crippen molar-refractivity contribution < 1.29 is 0 Å². The van der Waals surface area contributed by atoms with E-state index in [1.54, 1.807) is 0 Å². The molecule has 0 spiro atoms. The van der Waals surface area contributed by atoms with E-state index in [-0.39, 0.29) is 0 Å². The molecule has 2 unspecified atom stereocenters. The molecule has 1 saturated carbocycles. The van der Waals surface area contributed by atoms with E-state index in [1.807, 2.05) is 6.33 Å². The maximum absolute atomic E-state index is 4.22. The molecule has 3 rings (SSSR count). The Morgan fingerprint density at radius 1 is 1.40 bits per heavy atom. The van der Waals surface area contributed by atoms with Gasteiger partial charge in [0.2, 0.25) is 0 Å². The van der Waals surface area contributed by atoms with Crippen molar-refractivity contribution in [3.05, 3.63) is 12.2 Å². The summed E-state index contributed by atoms with van der Waals surface area (Å²) in [7, 11) is 2.11. The second-order valence-corrected chi connectivity index (χ2v) is 7.24. The van der Waals surface area contributed by atoms with Gasteiger partial charge in [0.25, 0.3) is 0 Å².